The molecule has 2 rings (SSSR count). The fourth-order valence-corrected chi connectivity index (χ4v) is 1.69. The lowest BCUT2D eigenvalue weighted by Crippen LogP contribution is -1.99. The molecule has 0 fully saturated rings. The maximum Gasteiger partial charge on any atom is 0.311 e. The fourth-order valence-electron chi connectivity index (χ4n) is 1.55. The fraction of sp³-hybridized carbons (Fsp3) is 0.273. The Hall–Kier alpha value is -2.22. The molecular weight excluding hydrogens is 268 g/mol. The van der Waals surface area contributed by atoms with E-state index in [2.05, 4.69) is 15.2 Å². The lowest BCUT2D eigenvalue weighted by atomic mass is 10.2. The van der Waals surface area contributed by atoms with Crippen molar-refractivity contribution in [2.75, 3.05) is 6.61 Å². The Kier molecular flexibility index (Phi) is 3.91. The van der Waals surface area contributed by atoms with Gasteiger partial charge in [0.15, 0.2) is 11.6 Å². The maximum atomic E-state index is 11.0. The molecule has 7 nitrogen and oxygen atoms in total. The Morgan fingerprint density at radius 2 is 2.26 bits per heavy atom. The monoisotopic (exact) mass is 280 g/mol. The first-order valence-electron chi connectivity index (χ1n) is 5.68. The SMILES string of the molecule is CCCOc1ccc(-c2nc(=S)[nH][nH]2)cc1[N+](=O)[O-]. The normalized spacial score (nSPS) is 10.4. The van der Waals surface area contributed by atoms with Crippen LogP contribution in [-0.2, 0) is 0 Å². The number of aromatic amines is 2. The number of nitrogens with zero attached hydrogens (tertiary/aromatic N) is 2. The quantitative estimate of drug-likeness (QED) is 0.498. The molecular formula is C11H12N4O3S. The molecule has 0 atom stereocenters. The van der Waals surface area contributed by atoms with Gasteiger partial charge >= 0.3 is 5.69 Å². The average molecular weight is 280 g/mol. The topological polar surface area (TPSA) is 96.8 Å². The number of hydrogen-bond acceptors (Lipinski definition) is 5. The minimum absolute atomic E-state index is 0.0896. The van der Waals surface area contributed by atoms with Crippen LogP contribution in [0.1, 0.15) is 13.3 Å². The van der Waals surface area contributed by atoms with E-state index in [0.717, 1.165) is 6.42 Å². The van der Waals surface area contributed by atoms with Gasteiger partial charge in [-0.25, -0.2) is 0 Å². The van der Waals surface area contributed by atoms with Gasteiger partial charge in [0.2, 0.25) is 4.77 Å². The summed E-state index contributed by atoms with van der Waals surface area (Å²) >= 11 is 4.84. The van der Waals surface area contributed by atoms with Gasteiger partial charge in [0.05, 0.1) is 11.5 Å². The zero-order valence-electron chi connectivity index (χ0n) is 10.2. The molecule has 0 unspecified atom stereocenters. The highest BCUT2D eigenvalue weighted by atomic mass is 32.1. The van der Waals surface area contributed by atoms with Crippen LogP contribution >= 0.6 is 12.2 Å². The number of hydrogen-bond donors (Lipinski definition) is 2. The molecule has 0 saturated carbocycles. The van der Waals surface area contributed by atoms with Gasteiger partial charge in [-0.1, -0.05) is 6.92 Å². The second-order valence-electron chi connectivity index (χ2n) is 3.80. The van der Waals surface area contributed by atoms with Crippen molar-refractivity contribution >= 4 is 17.9 Å². The smallest absolute Gasteiger partial charge is 0.311 e. The molecule has 0 radical (unpaired) electrons. The van der Waals surface area contributed by atoms with Crippen LogP contribution < -0.4 is 4.74 Å². The molecule has 0 aliphatic rings. The Balaban J connectivity index is 2.41. The van der Waals surface area contributed by atoms with Gasteiger partial charge in [0, 0.05) is 11.6 Å². The molecule has 100 valence electrons. The van der Waals surface area contributed by atoms with E-state index in [1.807, 2.05) is 6.92 Å². The zero-order chi connectivity index (χ0) is 13.8. The van der Waals surface area contributed by atoms with E-state index in [-0.39, 0.29) is 11.4 Å². The summed E-state index contributed by atoms with van der Waals surface area (Å²) in [5.74, 6) is 0.708. The second-order valence-corrected chi connectivity index (χ2v) is 4.19. The first-order chi connectivity index (χ1) is 9.11. The summed E-state index contributed by atoms with van der Waals surface area (Å²) in [6.07, 6.45) is 0.783. The van der Waals surface area contributed by atoms with E-state index >= 15 is 0 Å². The molecule has 0 aliphatic carbocycles. The van der Waals surface area contributed by atoms with Crippen LogP contribution in [0.4, 0.5) is 5.69 Å². The van der Waals surface area contributed by atoms with Crippen LogP contribution in [0, 0.1) is 14.9 Å². The molecule has 8 heteroatoms. The Labute approximate surface area is 113 Å². The molecule has 2 N–H and O–H groups in total. The standard InChI is InChI=1S/C11H12N4O3S/c1-2-5-18-9-4-3-7(6-8(9)15(16)17)10-12-11(19)14-13-10/h3-4,6H,2,5H2,1H3,(H2,12,13,14,19). The number of benzene rings is 1. The summed E-state index contributed by atoms with van der Waals surface area (Å²) in [6, 6.07) is 4.67. The van der Waals surface area contributed by atoms with Crippen LogP contribution in [0.5, 0.6) is 5.75 Å². The van der Waals surface area contributed by atoms with Gasteiger partial charge in [-0.15, -0.1) is 0 Å². The molecule has 0 aliphatic heterocycles. The van der Waals surface area contributed by atoms with Gasteiger partial charge in [-0.2, -0.15) is 4.98 Å². The predicted octanol–water partition coefficient (Wildman–Crippen LogP) is 2.83. The second kappa shape index (κ2) is 5.61. The van der Waals surface area contributed by atoms with E-state index in [4.69, 9.17) is 17.0 Å². The minimum atomic E-state index is -0.476. The minimum Gasteiger partial charge on any atom is -0.487 e. The van der Waals surface area contributed by atoms with Crippen LogP contribution in [0.3, 0.4) is 0 Å². The van der Waals surface area contributed by atoms with Crippen LogP contribution in [0.2, 0.25) is 0 Å². The number of nitrogens with one attached hydrogen (secondary N) is 2. The molecule has 1 aromatic heterocycles. The van der Waals surface area contributed by atoms with E-state index in [9.17, 15) is 10.1 Å². The number of nitro benzene ring substituents is 1. The van der Waals surface area contributed by atoms with Crippen molar-refractivity contribution in [2.24, 2.45) is 0 Å². The molecule has 0 saturated heterocycles. The van der Waals surface area contributed by atoms with Gasteiger partial charge in [0.25, 0.3) is 0 Å². The third-order valence-corrected chi connectivity index (χ3v) is 2.59. The summed E-state index contributed by atoms with van der Waals surface area (Å²) in [5.41, 5.74) is 0.483. The van der Waals surface area contributed by atoms with Crippen molar-refractivity contribution in [3.63, 3.8) is 0 Å². The lowest BCUT2D eigenvalue weighted by Gasteiger charge is -2.06. The highest BCUT2D eigenvalue weighted by Gasteiger charge is 2.17. The molecule has 2 aromatic rings. The number of aromatic nitrogens is 3. The molecule has 0 spiro atoms. The Morgan fingerprint density at radius 1 is 1.47 bits per heavy atom. The summed E-state index contributed by atoms with van der Waals surface area (Å²) in [6.45, 7) is 2.37. The summed E-state index contributed by atoms with van der Waals surface area (Å²) in [5, 5.41) is 16.4. The van der Waals surface area contributed by atoms with Crippen LogP contribution in [-0.4, -0.2) is 26.7 Å². The highest BCUT2D eigenvalue weighted by molar-refractivity contribution is 7.71. The van der Waals surface area contributed by atoms with Crippen molar-refractivity contribution in [3.05, 3.63) is 33.1 Å². The third kappa shape index (κ3) is 2.97. The lowest BCUT2D eigenvalue weighted by molar-refractivity contribution is -0.385. The predicted molar refractivity (Wildman–Crippen MR) is 71.6 cm³/mol. The third-order valence-electron chi connectivity index (χ3n) is 2.39. The highest BCUT2D eigenvalue weighted by Crippen LogP contribution is 2.31. The van der Waals surface area contributed by atoms with E-state index in [1.165, 1.54) is 6.07 Å². The van der Waals surface area contributed by atoms with E-state index < -0.39 is 4.92 Å². The number of nitro groups is 1. The number of rotatable bonds is 5. The average Bonchev–Trinajstić information content (AvgIpc) is 2.82. The molecule has 1 aromatic carbocycles. The first kappa shape index (κ1) is 13.2. The number of H-pyrrole nitrogens is 2. The van der Waals surface area contributed by atoms with E-state index in [1.54, 1.807) is 12.1 Å². The van der Waals surface area contributed by atoms with Crippen molar-refractivity contribution < 1.29 is 9.66 Å². The van der Waals surface area contributed by atoms with Crippen molar-refractivity contribution in [1.29, 1.82) is 0 Å². The van der Waals surface area contributed by atoms with Gasteiger partial charge < -0.3 is 4.74 Å². The van der Waals surface area contributed by atoms with Crippen LogP contribution in [0.15, 0.2) is 18.2 Å². The Bertz CT molecular complexity index is 649. The maximum absolute atomic E-state index is 11.0. The molecule has 0 amide bonds. The van der Waals surface area contributed by atoms with Crippen LogP contribution in [0.25, 0.3) is 11.4 Å². The van der Waals surface area contributed by atoms with Gasteiger partial charge in [0.1, 0.15) is 0 Å². The largest absolute Gasteiger partial charge is 0.487 e. The number of ether oxygens (including phenoxy) is 1. The van der Waals surface area contributed by atoms with Crippen molar-refractivity contribution in [2.45, 2.75) is 13.3 Å². The van der Waals surface area contributed by atoms with Gasteiger partial charge in [-0.05, 0) is 30.8 Å². The summed E-state index contributed by atoms with van der Waals surface area (Å²) in [4.78, 5) is 14.6. The summed E-state index contributed by atoms with van der Waals surface area (Å²) < 4.78 is 5.64. The molecule has 0 bridgehead atoms. The zero-order valence-corrected chi connectivity index (χ0v) is 11.0. The first-order valence-corrected chi connectivity index (χ1v) is 6.09. The molecule has 1 heterocycles. The van der Waals surface area contributed by atoms with Crippen molar-refractivity contribution in [1.82, 2.24) is 15.2 Å². The van der Waals surface area contributed by atoms with Crippen molar-refractivity contribution in [3.8, 4) is 17.1 Å². The Morgan fingerprint density at radius 3 is 2.84 bits per heavy atom. The molecule has 19 heavy (non-hydrogen) atoms. The van der Waals surface area contributed by atoms with Gasteiger partial charge in [-0.3, -0.25) is 20.3 Å². The summed E-state index contributed by atoms with van der Waals surface area (Å²) in [7, 11) is 0. The van der Waals surface area contributed by atoms with E-state index in [0.29, 0.717) is 22.8 Å².